The summed E-state index contributed by atoms with van der Waals surface area (Å²) >= 11 is 0. The Hall–Kier alpha value is -1.62. The summed E-state index contributed by atoms with van der Waals surface area (Å²) in [6.07, 6.45) is 1.79. The SMILES string of the molecule is COCC(C)(C)NC(=O)Cc1ccc(N)cn1. The second kappa shape index (κ2) is 5.63. The minimum atomic E-state index is -0.375. The van der Waals surface area contributed by atoms with Gasteiger partial charge in [0.1, 0.15) is 0 Å². The molecule has 1 aromatic heterocycles. The third-order valence-electron chi connectivity index (χ3n) is 2.17. The molecule has 0 saturated heterocycles. The number of rotatable bonds is 5. The number of carbonyl (C=O) groups excluding carboxylic acids is 1. The molecule has 1 amide bonds. The minimum absolute atomic E-state index is 0.0793. The smallest absolute Gasteiger partial charge is 0.226 e. The Morgan fingerprint density at radius 1 is 1.53 bits per heavy atom. The highest BCUT2D eigenvalue weighted by Gasteiger charge is 2.20. The van der Waals surface area contributed by atoms with E-state index < -0.39 is 0 Å². The van der Waals surface area contributed by atoms with Crippen molar-refractivity contribution in [2.24, 2.45) is 0 Å². The summed E-state index contributed by atoms with van der Waals surface area (Å²) < 4.78 is 5.03. The fraction of sp³-hybridized carbons (Fsp3) is 0.500. The number of nitrogens with one attached hydrogen (secondary N) is 1. The largest absolute Gasteiger partial charge is 0.397 e. The predicted molar refractivity (Wildman–Crippen MR) is 66.5 cm³/mol. The van der Waals surface area contributed by atoms with Crippen molar-refractivity contribution in [1.82, 2.24) is 10.3 Å². The van der Waals surface area contributed by atoms with Crippen molar-refractivity contribution in [2.75, 3.05) is 19.5 Å². The van der Waals surface area contributed by atoms with Crippen LogP contribution in [-0.2, 0) is 16.0 Å². The summed E-state index contributed by atoms with van der Waals surface area (Å²) in [5.41, 5.74) is 6.43. The standard InChI is InChI=1S/C12H19N3O2/c1-12(2,8-17-3)15-11(16)6-10-5-4-9(13)7-14-10/h4-5,7H,6,8,13H2,1-3H3,(H,15,16). The fourth-order valence-corrected chi connectivity index (χ4v) is 1.52. The molecule has 5 heteroatoms. The number of anilines is 1. The van der Waals surface area contributed by atoms with Crippen LogP contribution in [0.25, 0.3) is 0 Å². The number of nitrogens with zero attached hydrogens (tertiary/aromatic N) is 1. The molecule has 94 valence electrons. The van der Waals surface area contributed by atoms with Crippen LogP contribution in [0.5, 0.6) is 0 Å². The topological polar surface area (TPSA) is 77.2 Å². The molecule has 1 heterocycles. The molecule has 0 fully saturated rings. The summed E-state index contributed by atoms with van der Waals surface area (Å²) in [5.74, 6) is -0.0793. The summed E-state index contributed by atoms with van der Waals surface area (Å²) in [6.45, 7) is 4.28. The number of pyridine rings is 1. The van der Waals surface area contributed by atoms with E-state index in [4.69, 9.17) is 10.5 Å². The average Bonchev–Trinajstić information content (AvgIpc) is 2.20. The van der Waals surface area contributed by atoms with E-state index in [1.807, 2.05) is 13.8 Å². The number of amides is 1. The lowest BCUT2D eigenvalue weighted by Crippen LogP contribution is -2.47. The van der Waals surface area contributed by atoms with E-state index in [2.05, 4.69) is 10.3 Å². The van der Waals surface area contributed by atoms with Crippen molar-refractivity contribution in [3.63, 3.8) is 0 Å². The Balaban J connectivity index is 2.52. The van der Waals surface area contributed by atoms with Crippen LogP contribution in [0.3, 0.4) is 0 Å². The van der Waals surface area contributed by atoms with Crippen molar-refractivity contribution in [1.29, 1.82) is 0 Å². The zero-order chi connectivity index (χ0) is 12.9. The fourth-order valence-electron chi connectivity index (χ4n) is 1.52. The van der Waals surface area contributed by atoms with Crippen LogP contribution >= 0.6 is 0 Å². The molecular weight excluding hydrogens is 218 g/mol. The van der Waals surface area contributed by atoms with Gasteiger partial charge in [0, 0.05) is 12.8 Å². The van der Waals surface area contributed by atoms with Crippen LogP contribution in [0, 0.1) is 0 Å². The van der Waals surface area contributed by atoms with Crippen LogP contribution in [0.2, 0.25) is 0 Å². The van der Waals surface area contributed by atoms with Gasteiger partial charge in [-0.3, -0.25) is 9.78 Å². The number of nitrogen functional groups attached to an aromatic ring is 1. The molecule has 0 bridgehead atoms. The highest BCUT2D eigenvalue weighted by molar-refractivity contribution is 5.78. The lowest BCUT2D eigenvalue weighted by atomic mass is 10.1. The molecule has 0 radical (unpaired) electrons. The van der Waals surface area contributed by atoms with Gasteiger partial charge in [-0.25, -0.2) is 0 Å². The Morgan fingerprint density at radius 2 is 2.24 bits per heavy atom. The second-order valence-electron chi connectivity index (χ2n) is 4.62. The molecular formula is C12H19N3O2. The first-order chi connectivity index (χ1) is 7.93. The quantitative estimate of drug-likeness (QED) is 0.792. The zero-order valence-corrected chi connectivity index (χ0v) is 10.5. The van der Waals surface area contributed by atoms with Gasteiger partial charge in [0.2, 0.25) is 5.91 Å². The van der Waals surface area contributed by atoms with Crippen LogP contribution in [0.15, 0.2) is 18.3 Å². The zero-order valence-electron chi connectivity index (χ0n) is 10.5. The molecule has 0 aliphatic rings. The highest BCUT2D eigenvalue weighted by Crippen LogP contribution is 2.05. The summed E-state index contributed by atoms with van der Waals surface area (Å²) in [6, 6.07) is 3.48. The van der Waals surface area contributed by atoms with Gasteiger partial charge in [-0.1, -0.05) is 0 Å². The molecule has 1 aromatic rings. The van der Waals surface area contributed by atoms with E-state index in [0.29, 0.717) is 18.0 Å². The van der Waals surface area contributed by atoms with E-state index in [1.54, 1.807) is 25.4 Å². The molecule has 0 atom stereocenters. The van der Waals surface area contributed by atoms with Crippen molar-refractivity contribution in [3.8, 4) is 0 Å². The third-order valence-corrected chi connectivity index (χ3v) is 2.17. The first-order valence-corrected chi connectivity index (χ1v) is 5.43. The predicted octanol–water partition coefficient (Wildman–Crippen LogP) is 0.747. The van der Waals surface area contributed by atoms with Crippen LogP contribution < -0.4 is 11.1 Å². The maximum absolute atomic E-state index is 11.7. The van der Waals surface area contributed by atoms with Gasteiger partial charge < -0.3 is 15.8 Å². The molecule has 1 rings (SSSR count). The normalized spacial score (nSPS) is 11.2. The van der Waals surface area contributed by atoms with Gasteiger partial charge in [0.05, 0.1) is 30.5 Å². The molecule has 0 aliphatic carbocycles. The molecule has 0 aromatic carbocycles. The van der Waals surface area contributed by atoms with E-state index in [9.17, 15) is 4.79 Å². The number of nitrogens with two attached hydrogens (primary N) is 1. The number of hydrogen-bond donors (Lipinski definition) is 2. The van der Waals surface area contributed by atoms with Gasteiger partial charge in [-0.15, -0.1) is 0 Å². The molecule has 0 aliphatic heterocycles. The van der Waals surface area contributed by atoms with Crippen LogP contribution in [-0.4, -0.2) is 30.1 Å². The Morgan fingerprint density at radius 3 is 2.76 bits per heavy atom. The minimum Gasteiger partial charge on any atom is -0.397 e. The first kappa shape index (κ1) is 13.4. The first-order valence-electron chi connectivity index (χ1n) is 5.43. The number of carbonyl (C=O) groups is 1. The molecule has 0 unspecified atom stereocenters. The average molecular weight is 237 g/mol. The van der Waals surface area contributed by atoms with Crippen molar-refractivity contribution >= 4 is 11.6 Å². The number of ether oxygens (including phenoxy) is 1. The van der Waals surface area contributed by atoms with Gasteiger partial charge in [-0.2, -0.15) is 0 Å². The monoisotopic (exact) mass is 237 g/mol. The van der Waals surface area contributed by atoms with Crippen LogP contribution in [0.1, 0.15) is 19.5 Å². The van der Waals surface area contributed by atoms with E-state index in [0.717, 1.165) is 0 Å². The lowest BCUT2D eigenvalue weighted by Gasteiger charge is -2.25. The van der Waals surface area contributed by atoms with Crippen molar-refractivity contribution in [2.45, 2.75) is 25.8 Å². The summed E-state index contributed by atoms with van der Waals surface area (Å²) in [5, 5.41) is 2.89. The lowest BCUT2D eigenvalue weighted by molar-refractivity contribution is -0.122. The maximum Gasteiger partial charge on any atom is 0.226 e. The van der Waals surface area contributed by atoms with Gasteiger partial charge in [-0.05, 0) is 26.0 Å². The van der Waals surface area contributed by atoms with Crippen LogP contribution in [0.4, 0.5) is 5.69 Å². The molecule has 3 N–H and O–H groups in total. The molecule has 0 spiro atoms. The summed E-state index contributed by atoms with van der Waals surface area (Å²) in [7, 11) is 1.61. The maximum atomic E-state index is 11.7. The summed E-state index contributed by atoms with van der Waals surface area (Å²) in [4.78, 5) is 15.8. The highest BCUT2D eigenvalue weighted by atomic mass is 16.5. The number of hydrogen-bond acceptors (Lipinski definition) is 4. The molecule has 0 saturated carbocycles. The third kappa shape index (κ3) is 4.82. The van der Waals surface area contributed by atoms with E-state index in [-0.39, 0.29) is 17.9 Å². The molecule has 5 nitrogen and oxygen atoms in total. The van der Waals surface area contributed by atoms with Gasteiger partial charge >= 0.3 is 0 Å². The Bertz CT molecular complexity index is 374. The van der Waals surface area contributed by atoms with Crippen molar-refractivity contribution in [3.05, 3.63) is 24.0 Å². The van der Waals surface area contributed by atoms with Gasteiger partial charge in [0.25, 0.3) is 0 Å². The number of methoxy groups -OCH3 is 1. The number of aromatic nitrogens is 1. The molecule has 17 heavy (non-hydrogen) atoms. The van der Waals surface area contributed by atoms with E-state index >= 15 is 0 Å². The van der Waals surface area contributed by atoms with E-state index in [1.165, 1.54) is 0 Å². The Kier molecular flexibility index (Phi) is 4.45. The van der Waals surface area contributed by atoms with Gasteiger partial charge in [0.15, 0.2) is 0 Å². The van der Waals surface area contributed by atoms with Crippen molar-refractivity contribution < 1.29 is 9.53 Å². The second-order valence-corrected chi connectivity index (χ2v) is 4.62. The Labute approximate surface area is 101 Å².